The lowest BCUT2D eigenvalue weighted by Crippen LogP contribution is -2.38. The number of carbonyl (C=O) groups excluding carboxylic acids is 1. The van der Waals surface area contributed by atoms with Crippen molar-refractivity contribution in [1.82, 2.24) is 9.88 Å². The Morgan fingerprint density at radius 2 is 2.09 bits per heavy atom. The van der Waals surface area contributed by atoms with Gasteiger partial charge in [0.25, 0.3) is 5.78 Å². The molecule has 0 N–H and O–H groups in total. The lowest BCUT2D eigenvalue weighted by molar-refractivity contribution is -0.167. The van der Waals surface area contributed by atoms with E-state index in [2.05, 4.69) is 4.98 Å². The second-order valence-corrected chi connectivity index (χ2v) is 4.96. The minimum Gasteiger partial charge on any atom is -0.359 e. The number of pyridine rings is 1. The number of nitrogens with zero attached hydrogens (tertiary/aromatic N) is 2. The zero-order valence-corrected chi connectivity index (χ0v) is 12.1. The summed E-state index contributed by atoms with van der Waals surface area (Å²) >= 11 is 0. The van der Waals surface area contributed by atoms with E-state index in [1.54, 1.807) is 29.4 Å². The molecule has 0 fully saturated rings. The van der Waals surface area contributed by atoms with Gasteiger partial charge < -0.3 is 9.64 Å². The zero-order chi connectivity index (χ0) is 16.2. The molecule has 0 radical (unpaired) electrons. The highest BCUT2D eigenvalue weighted by Gasteiger charge is 2.42. The van der Waals surface area contributed by atoms with Gasteiger partial charge >= 0.3 is 6.18 Å². The van der Waals surface area contributed by atoms with Gasteiger partial charge in [0, 0.05) is 37.3 Å². The Hall–Kier alpha value is -1.89. The average Bonchev–Trinajstić information content (AvgIpc) is 2.48. The Labute approximate surface area is 126 Å². The van der Waals surface area contributed by atoms with E-state index in [-0.39, 0.29) is 18.2 Å². The normalized spacial score (nSPS) is 19.0. The molecule has 1 unspecified atom stereocenters. The van der Waals surface area contributed by atoms with Crippen LogP contribution in [0.1, 0.15) is 25.3 Å². The number of carbonyl (C=O) groups is 1. The van der Waals surface area contributed by atoms with Crippen LogP contribution in [0.15, 0.2) is 36.3 Å². The number of Topliss-reactive ketones (excluding diaryl/α,β-unsaturated/α-hetero) is 1. The highest BCUT2D eigenvalue weighted by Crippen LogP contribution is 2.29. The van der Waals surface area contributed by atoms with Crippen LogP contribution in [0.3, 0.4) is 0 Å². The van der Waals surface area contributed by atoms with Crippen molar-refractivity contribution in [3.05, 3.63) is 41.9 Å². The molecular formula is C15H17F3N2O2. The van der Waals surface area contributed by atoms with Gasteiger partial charge in [-0.05, 0) is 37.5 Å². The molecule has 2 heterocycles. The van der Waals surface area contributed by atoms with Crippen molar-refractivity contribution < 1.29 is 22.7 Å². The van der Waals surface area contributed by atoms with Crippen molar-refractivity contribution in [2.24, 2.45) is 0 Å². The molecule has 0 spiro atoms. The van der Waals surface area contributed by atoms with Crippen molar-refractivity contribution in [2.75, 3.05) is 6.61 Å². The van der Waals surface area contributed by atoms with E-state index >= 15 is 0 Å². The molecule has 7 heteroatoms. The molecule has 1 aliphatic heterocycles. The molecule has 0 aliphatic carbocycles. The Kier molecular flexibility index (Phi) is 5.18. The van der Waals surface area contributed by atoms with Gasteiger partial charge in [-0.1, -0.05) is 0 Å². The number of halogens is 3. The maximum Gasteiger partial charge on any atom is 0.454 e. The van der Waals surface area contributed by atoms with E-state index in [0.29, 0.717) is 19.6 Å². The number of hydrogen-bond acceptors (Lipinski definition) is 4. The number of hydrogen-bond donors (Lipinski definition) is 0. The van der Waals surface area contributed by atoms with Crippen LogP contribution in [0.4, 0.5) is 13.2 Å². The van der Waals surface area contributed by atoms with Crippen LogP contribution in [-0.4, -0.2) is 34.7 Å². The third kappa shape index (κ3) is 4.07. The van der Waals surface area contributed by atoms with E-state index in [9.17, 15) is 18.0 Å². The average molecular weight is 314 g/mol. The summed E-state index contributed by atoms with van der Waals surface area (Å²) in [5.74, 6) is -1.78. The summed E-state index contributed by atoms with van der Waals surface area (Å²) < 4.78 is 43.3. The minimum atomic E-state index is -4.84. The fourth-order valence-electron chi connectivity index (χ4n) is 2.36. The number of ketones is 1. The smallest absolute Gasteiger partial charge is 0.359 e. The van der Waals surface area contributed by atoms with E-state index in [1.165, 1.54) is 6.20 Å². The highest BCUT2D eigenvalue weighted by atomic mass is 19.4. The molecule has 1 atom stereocenters. The third-order valence-corrected chi connectivity index (χ3v) is 3.37. The number of allylic oxidation sites excluding steroid dienone is 1. The van der Waals surface area contributed by atoms with Gasteiger partial charge in [-0.2, -0.15) is 13.2 Å². The summed E-state index contributed by atoms with van der Waals surface area (Å²) in [7, 11) is 0. The highest BCUT2D eigenvalue weighted by molar-refractivity contribution is 5.99. The number of alkyl halides is 3. The van der Waals surface area contributed by atoms with Crippen LogP contribution >= 0.6 is 0 Å². The predicted octanol–water partition coefficient (Wildman–Crippen LogP) is 3.06. The molecule has 4 nitrogen and oxygen atoms in total. The molecule has 0 bridgehead atoms. The van der Waals surface area contributed by atoms with Gasteiger partial charge in [0.05, 0.1) is 0 Å². The van der Waals surface area contributed by atoms with Gasteiger partial charge in [0.1, 0.15) is 6.23 Å². The minimum absolute atomic E-state index is 0.0653. The van der Waals surface area contributed by atoms with Crippen LogP contribution in [0.2, 0.25) is 0 Å². The quantitative estimate of drug-likeness (QED) is 0.838. The van der Waals surface area contributed by atoms with E-state index < -0.39 is 12.0 Å². The first kappa shape index (κ1) is 16.5. The van der Waals surface area contributed by atoms with Crippen molar-refractivity contribution in [3.8, 4) is 0 Å². The summed E-state index contributed by atoms with van der Waals surface area (Å²) in [5, 5.41) is 0. The first-order valence-corrected chi connectivity index (χ1v) is 7.00. The SMILES string of the molecule is CCOC1CCC(C(=O)C(F)(F)F)=CN1Cc1ccncc1. The molecule has 0 amide bonds. The molecule has 0 saturated carbocycles. The first-order chi connectivity index (χ1) is 10.4. The fraction of sp³-hybridized carbons (Fsp3) is 0.467. The van der Waals surface area contributed by atoms with Gasteiger partial charge in [0.15, 0.2) is 0 Å². The fourth-order valence-corrected chi connectivity index (χ4v) is 2.36. The van der Waals surface area contributed by atoms with E-state index in [1.807, 2.05) is 6.92 Å². The van der Waals surface area contributed by atoms with Crippen molar-refractivity contribution >= 4 is 5.78 Å². The maximum atomic E-state index is 12.6. The summed E-state index contributed by atoms with van der Waals surface area (Å²) in [4.78, 5) is 17.0. The topological polar surface area (TPSA) is 42.4 Å². The molecule has 22 heavy (non-hydrogen) atoms. The lowest BCUT2D eigenvalue weighted by Gasteiger charge is -2.35. The van der Waals surface area contributed by atoms with Gasteiger partial charge in [0.2, 0.25) is 0 Å². The van der Waals surface area contributed by atoms with Crippen LogP contribution in [-0.2, 0) is 16.1 Å². The maximum absolute atomic E-state index is 12.6. The second-order valence-electron chi connectivity index (χ2n) is 4.96. The number of aromatic nitrogens is 1. The van der Waals surface area contributed by atoms with E-state index in [4.69, 9.17) is 4.74 Å². The summed E-state index contributed by atoms with van der Waals surface area (Å²) in [6.07, 6.45) is -0.251. The monoisotopic (exact) mass is 314 g/mol. The number of rotatable bonds is 5. The summed E-state index contributed by atoms with van der Waals surface area (Å²) in [5.41, 5.74) is 0.661. The van der Waals surface area contributed by atoms with Crippen molar-refractivity contribution in [1.29, 1.82) is 0 Å². The Bertz CT molecular complexity index is 543. The van der Waals surface area contributed by atoms with E-state index in [0.717, 1.165) is 5.56 Å². The second kappa shape index (κ2) is 6.91. The Balaban J connectivity index is 2.21. The third-order valence-electron chi connectivity index (χ3n) is 3.37. The van der Waals surface area contributed by atoms with Gasteiger partial charge in [-0.15, -0.1) is 0 Å². The molecule has 120 valence electrons. The Morgan fingerprint density at radius 1 is 1.41 bits per heavy atom. The van der Waals surface area contributed by atoms with Crippen molar-refractivity contribution in [2.45, 2.75) is 38.7 Å². The molecule has 0 aromatic carbocycles. The first-order valence-electron chi connectivity index (χ1n) is 7.00. The van der Waals surface area contributed by atoms with Gasteiger partial charge in [-0.25, -0.2) is 0 Å². The van der Waals surface area contributed by atoms with Crippen LogP contribution in [0.5, 0.6) is 0 Å². The molecule has 1 aromatic rings. The van der Waals surface area contributed by atoms with Crippen LogP contribution in [0, 0.1) is 0 Å². The standard InChI is InChI=1S/C15H17F3N2O2/c1-2-22-13-4-3-12(14(21)15(16,17)18)10-20(13)9-11-5-7-19-8-6-11/h5-8,10,13H,2-4,9H2,1H3. The van der Waals surface area contributed by atoms with Crippen LogP contribution < -0.4 is 0 Å². The molecule has 0 saturated heterocycles. The summed E-state index contributed by atoms with van der Waals surface area (Å²) in [6, 6.07) is 3.55. The number of ether oxygens (including phenoxy) is 1. The zero-order valence-electron chi connectivity index (χ0n) is 12.1. The molecular weight excluding hydrogens is 297 g/mol. The predicted molar refractivity (Wildman–Crippen MR) is 73.6 cm³/mol. The van der Waals surface area contributed by atoms with Crippen molar-refractivity contribution in [3.63, 3.8) is 0 Å². The molecule has 2 rings (SSSR count). The molecule has 1 aliphatic rings. The lowest BCUT2D eigenvalue weighted by atomic mass is 10.0. The largest absolute Gasteiger partial charge is 0.454 e. The molecule has 1 aromatic heterocycles. The van der Waals surface area contributed by atoms with Crippen LogP contribution in [0.25, 0.3) is 0 Å². The Morgan fingerprint density at radius 3 is 2.68 bits per heavy atom. The summed E-state index contributed by atoms with van der Waals surface area (Å²) in [6.45, 7) is 2.64. The van der Waals surface area contributed by atoms with Gasteiger partial charge in [-0.3, -0.25) is 9.78 Å².